The molecule has 0 radical (unpaired) electrons. The molecule has 0 saturated carbocycles. The Kier molecular flexibility index (Phi) is 5.21. The maximum absolute atomic E-state index is 5.90. The molecule has 0 saturated heterocycles. The lowest BCUT2D eigenvalue weighted by Crippen LogP contribution is -2.19. The highest BCUT2D eigenvalue weighted by Crippen LogP contribution is 2.13. The minimum atomic E-state index is 0.666. The Labute approximate surface area is 126 Å². The molecule has 0 fully saturated rings. The maximum atomic E-state index is 5.90. The van der Waals surface area contributed by atoms with Crippen LogP contribution in [-0.2, 0) is 13.1 Å². The van der Waals surface area contributed by atoms with Crippen molar-refractivity contribution in [1.82, 2.24) is 15.1 Å². The number of aromatic nitrogens is 2. The van der Waals surface area contributed by atoms with Crippen LogP contribution in [0.1, 0.15) is 30.7 Å². The van der Waals surface area contributed by atoms with Crippen molar-refractivity contribution in [3.8, 4) is 0 Å². The molecule has 4 heteroatoms. The molecule has 0 bridgehead atoms. The molecule has 2 rings (SSSR count). The van der Waals surface area contributed by atoms with Crippen LogP contribution in [0.3, 0.4) is 0 Å². The summed E-state index contributed by atoms with van der Waals surface area (Å²) in [5, 5.41) is 8.70. The normalized spacial score (nSPS) is 11.2. The standard InChI is InChI=1S/C16H22ClN3/c1-12(2)8-18-9-15-10-19-20(13(15)3)11-14-4-6-16(17)7-5-14/h4-7,10,12,18H,8-9,11H2,1-3H3. The highest BCUT2D eigenvalue weighted by Gasteiger charge is 2.07. The molecule has 1 N–H and O–H groups in total. The van der Waals surface area contributed by atoms with Crippen molar-refractivity contribution in [2.45, 2.75) is 33.9 Å². The molecule has 1 heterocycles. The molecule has 20 heavy (non-hydrogen) atoms. The van der Waals surface area contributed by atoms with Crippen LogP contribution >= 0.6 is 11.6 Å². The Bertz CT molecular complexity index is 543. The molecule has 1 aromatic heterocycles. The van der Waals surface area contributed by atoms with E-state index in [1.807, 2.05) is 35.1 Å². The Balaban J connectivity index is 1.99. The molecule has 0 aliphatic rings. The molecule has 1 aromatic carbocycles. The number of hydrogen-bond acceptors (Lipinski definition) is 2. The second-order valence-electron chi connectivity index (χ2n) is 5.56. The zero-order valence-electron chi connectivity index (χ0n) is 12.4. The van der Waals surface area contributed by atoms with Crippen LogP contribution in [0, 0.1) is 12.8 Å². The number of hydrogen-bond donors (Lipinski definition) is 1. The molecule has 2 aromatic rings. The first-order chi connectivity index (χ1) is 9.56. The lowest BCUT2D eigenvalue weighted by molar-refractivity contribution is 0.551. The summed E-state index contributed by atoms with van der Waals surface area (Å²) in [5.41, 5.74) is 3.69. The molecule has 0 unspecified atom stereocenters. The summed E-state index contributed by atoms with van der Waals surface area (Å²) in [6.07, 6.45) is 1.96. The second-order valence-corrected chi connectivity index (χ2v) is 6.00. The predicted molar refractivity (Wildman–Crippen MR) is 84.1 cm³/mol. The van der Waals surface area contributed by atoms with E-state index in [-0.39, 0.29) is 0 Å². The summed E-state index contributed by atoms with van der Waals surface area (Å²) in [4.78, 5) is 0. The van der Waals surface area contributed by atoms with Gasteiger partial charge in [0.25, 0.3) is 0 Å². The highest BCUT2D eigenvalue weighted by atomic mass is 35.5. The first-order valence-corrected chi connectivity index (χ1v) is 7.40. The number of halogens is 1. The Morgan fingerprint density at radius 3 is 2.60 bits per heavy atom. The van der Waals surface area contributed by atoms with Gasteiger partial charge < -0.3 is 5.32 Å². The van der Waals surface area contributed by atoms with Crippen molar-refractivity contribution in [2.24, 2.45) is 5.92 Å². The van der Waals surface area contributed by atoms with Crippen LogP contribution in [-0.4, -0.2) is 16.3 Å². The lowest BCUT2D eigenvalue weighted by Gasteiger charge is -2.08. The molecule has 0 atom stereocenters. The molecule has 0 aliphatic heterocycles. The summed E-state index contributed by atoms with van der Waals surface area (Å²) < 4.78 is 2.04. The molecule has 3 nitrogen and oxygen atoms in total. The molecule has 0 spiro atoms. The van der Waals surface area contributed by atoms with Gasteiger partial charge in [-0.05, 0) is 37.1 Å². The van der Waals surface area contributed by atoms with Crippen LogP contribution < -0.4 is 5.32 Å². The molecule has 0 amide bonds. The zero-order chi connectivity index (χ0) is 14.5. The Hall–Kier alpha value is -1.32. The number of benzene rings is 1. The fourth-order valence-electron chi connectivity index (χ4n) is 2.08. The molecule has 108 valence electrons. The van der Waals surface area contributed by atoms with Gasteiger partial charge in [0.1, 0.15) is 0 Å². The third-order valence-corrected chi connectivity index (χ3v) is 3.57. The van der Waals surface area contributed by atoms with Crippen molar-refractivity contribution in [3.05, 3.63) is 52.3 Å². The van der Waals surface area contributed by atoms with Crippen molar-refractivity contribution in [2.75, 3.05) is 6.54 Å². The van der Waals surface area contributed by atoms with Gasteiger partial charge in [-0.25, -0.2) is 0 Å². The summed E-state index contributed by atoms with van der Waals surface area (Å²) in [7, 11) is 0. The topological polar surface area (TPSA) is 29.9 Å². The lowest BCUT2D eigenvalue weighted by atomic mass is 10.2. The van der Waals surface area contributed by atoms with E-state index in [0.29, 0.717) is 5.92 Å². The first kappa shape index (κ1) is 15.1. The molecule has 0 aliphatic carbocycles. The van der Waals surface area contributed by atoms with Crippen LogP contribution in [0.2, 0.25) is 5.02 Å². The van der Waals surface area contributed by atoms with Crippen LogP contribution in [0.5, 0.6) is 0 Å². The van der Waals surface area contributed by atoms with Crippen LogP contribution in [0.15, 0.2) is 30.5 Å². The van der Waals surface area contributed by atoms with Gasteiger partial charge in [-0.15, -0.1) is 0 Å². The van der Waals surface area contributed by atoms with Crippen molar-refractivity contribution >= 4 is 11.6 Å². The fraction of sp³-hybridized carbons (Fsp3) is 0.438. The van der Waals surface area contributed by atoms with Gasteiger partial charge in [0.2, 0.25) is 0 Å². The Morgan fingerprint density at radius 1 is 1.25 bits per heavy atom. The van der Waals surface area contributed by atoms with Gasteiger partial charge in [-0.2, -0.15) is 5.10 Å². The summed E-state index contributed by atoms with van der Waals surface area (Å²) >= 11 is 5.90. The number of nitrogens with one attached hydrogen (secondary N) is 1. The zero-order valence-corrected chi connectivity index (χ0v) is 13.1. The fourth-order valence-corrected chi connectivity index (χ4v) is 2.20. The van der Waals surface area contributed by atoms with E-state index in [1.54, 1.807) is 0 Å². The van der Waals surface area contributed by atoms with Gasteiger partial charge in [0.15, 0.2) is 0 Å². The van der Waals surface area contributed by atoms with E-state index in [1.165, 1.54) is 16.8 Å². The summed E-state index contributed by atoms with van der Waals surface area (Å²) in [6.45, 7) is 9.24. The third-order valence-electron chi connectivity index (χ3n) is 3.32. The van der Waals surface area contributed by atoms with Crippen molar-refractivity contribution in [1.29, 1.82) is 0 Å². The average Bonchev–Trinajstić information content (AvgIpc) is 2.74. The summed E-state index contributed by atoms with van der Waals surface area (Å²) in [6, 6.07) is 7.92. The Morgan fingerprint density at radius 2 is 1.95 bits per heavy atom. The minimum Gasteiger partial charge on any atom is -0.312 e. The highest BCUT2D eigenvalue weighted by molar-refractivity contribution is 6.30. The van der Waals surface area contributed by atoms with E-state index in [2.05, 4.69) is 31.2 Å². The number of rotatable bonds is 6. The minimum absolute atomic E-state index is 0.666. The van der Waals surface area contributed by atoms with E-state index in [9.17, 15) is 0 Å². The SMILES string of the molecule is Cc1c(CNCC(C)C)cnn1Cc1ccc(Cl)cc1. The van der Waals surface area contributed by atoms with Crippen molar-refractivity contribution in [3.63, 3.8) is 0 Å². The average molecular weight is 292 g/mol. The van der Waals surface area contributed by atoms with Gasteiger partial charge in [0, 0.05) is 22.8 Å². The van der Waals surface area contributed by atoms with E-state index in [4.69, 9.17) is 11.6 Å². The number of nitrogens with zero attached hydrogens (tertiary/aromatic N) is 2. The van der Waals surface area contributed by atoms with E-state index < -0.39 is 0 Å². The second kappa shape index (κ2) is 6.91. The predicted octanol–water partition coefficient (Wildman–Crippen LogP) is 3.64. The third kappa shape index (κ3) is 4.09. The smallest absolute Gasteiger partial charge is 0.0662 e. The monoisotopic (exact) mass is 291 g/mol. The van der Waals surface area contributed by atoms with E-state index >= 15 is 0 Å². The van der Waals surface area contributed by atoms with E-state index in [0.717, 1.165) is 24.7 Å². The van der Waals surface area contributed by atoms with Gasteiger partial charge in [-0.1, -0.05) is 37.6 Å². The molecular weight excluding hydrogens is 270 g/mol. The maximum Gasteiger partial charge on any atom is 0.0662 e. The van der Waals surface area contributed by atoms with Gasteiger partial charge in [-0.3, -0.25) is 4.68 Å². The summed E-state index contributed by atoms with van der Waals surface area (Å²) in [5.74, 6) is 0.666. The van der Waals surface area contributed by atoms with Crippen molar-refractivity contribution < 1.29 is 0 Å². The molecular formula is C16H22ClN3. The first-order valence-electron chi connectivity index (χ1n) is 7.02. The quantitative estimate of drug-likeness (QED) is 0.880. The van der Waals surface area contributed by atoms with Crippen LogP contribution in [0.25, 0.3) is 0 Å². The van der Waals surface area contributed by atoms with Gasteiger partial charge >= 0.3 is 0 Å². The van der Waals surface area contributed by atoms with Crippen LogP contribution in [0.4, 0.5) is 0 Å². The van der Waals surface area contributed by atoms with Gasteiger partial charge in [0.05, 0.1) is 12.7 Å². The largest absolute Gasteiger partial charge is 0.312 e.